The summed E-state index contributed by atoms with van der Waals surface area (Å²) in [5, 5.41) is 3.01. The molecule has 7 heteroatoms. The summed E-state index contributed by atoms with van der Waals surface area (Å²) in [7, 11) is 0. The van der Waals surface area contributed by atoms with Crippen molar-refractivity contribution in [2.45, 2.75) is 0 Å². The van der Waals surface area contributed by atoms with Crippen molar-refractivity contribution in [3.8, 4) is 0 Å². The molecular formula is C14H8BrFN2O3. The van der Waals surface area contributed by atoms with Gasteiger partial charge in [-0.05, 0) is 46.3 Å². The zero-order chi connectivity index (χ0) is 15.0. The van der Waals surface area contributed by atoms with E-state index in [9.17, 15) is 14.0 Å². The lowest BCUT2D eigenvalue weighted by Crippen LogP contribution is -2.11. The van der Waals surface area contributed by atoms with Crippen molar-refractivity contribution in [2.75, 3.05) is 5.32 Å². The number of carbonyl (C=O) groups excluding carboxylic acids is 1. The summed E-state index contributed by atoms with van der Waals surface area (Å²) in [5.41, 5.74) is -0.0237. The quantitative estimate of drug-likeness (QED) is 0.744. The van der Waals surface area contributed by atoms with Gasteiger partial charge >= 0.3 is 0 Å². The van der Waals surface area contributed by atoms with E-state index in [0.717, 1.165) is 6.07 Å². The number of hydrogen-bond donors (Lipinski definition) is 2. The Bertz CT molecular complexity index is 901. The normalized spacial score (nSPS) is 10.8. The Hall–Kier alpha value is -2.41. The summed E-state index contributed by atoms with van der Waals surface area (Å²) >= 11 is 3.10. The van der Waals surface area contributed by atoms with Gasteiger partial charge in [0.05, 0.1) is 5.52 Å². The average molecular weight is 351 g/mol. The van der Waals surface area contributed by atoms with Gasteiger partial charge < -0.3 is 14.7 Å². The van der Waals surface area contributed by atoms with Crippen LogP contribution in [0.1, 0.15) is 10.6 Å². The minimum Gasteiger partial charge on any atom is -0.444 e. The minimum absolute atomic E-state index is 0.0984. The predicted octanol–water partition coefficient (Wildman–Crippen LogP) is 3.28. The Morgan fingerprint density at radius 2 is 2.05 bits per heavy atom. The summed E-state index contributed by atoms with van der Waals surface area (Å²) in [6, 6.07) is 8.54. The van der Waals surface area contributed by atoms with E-state index in [1.165, 1.54) is 18.2 Å². The number of benzene rings is 1. The molecule has 0 unspecified atom stereocenters. The second kappa shape index (κ2) is 5.17. The Morgan fingerprint density at radius 1 is 1.24 bits per heavy atom. The Balaban J connectivity index is 1.96. The lowest BCUT2D eigenvalue weighted by atomic mass is 10.2. The summed E-state index contributed by atoms with van der Waals surface area (Å²) in [4.78, 5) is 25.5. The molecule has 0 saturated carbocycles. The van der Waals surface area contributed by atoms with Crippen molar-refractivity contribution in [1.82, 2.24) is 4.98 Å². The fourth-order valence-corrected chi connectivity index (χ4v) is 2.23. The van der Waals surface area contributed by atoms with Crippen molar-refractivity contribution in [1.29, 1.82) is 0 Å². The maximum atomic E-state index is 13.9. The van der Waals surface area contributed by atoms with E-state index in [-0.39, 0.29) is 17.0 Å². The highest BCUT2D eigenvalue weighted by Crippen LogP contribution is 2.21. The van der Waals surface area contributed by atoms with E-state index in [1.54, 1.807) is 12.1 Å². The first kappa shape index (κ1) is 13.6. The first-order valence-corrected chi connectivity index (χ1v) is 6.71. The Morgan fingerprint density at radius 3 is 2.76 bits per heavy atom. The standard InChI is InChI=1S/C14H8BrFN2O3/c15-11-3-2-10(21-11)14(20)17-8-5-7-1-4-12(19)18-13(7)9(16)6-8/h1-6H,(H,17,20)(H,18,19). The number of nitrogens with one attached hydrogen (secondary N) is 2. The number of pyridine rings is 1. The second-order valence-corrected chi connectivity index (χ2v) is 5.08. The topological polar surface area (TPSA) is 75.1 Å². The molecule has 2 N–H and O–H groups in total. The molecule has 1 amide bonds. The first-order valence-electron chi connectivity index (χ1n) is 5.92. The molecule has 0 atom stereocenters. The van der Waals surface area contributed by atoms with E-state index in [4.69, 9.17) is 4.42 Å². The zero-order valence-corrected chi connectivity index (χ0v) is 12.0. The molecule has 2 heterocycles. The van der Waals surface area contributed by atoms with Crippen LogP contribution in [0.25, 0.3) is 10.9 Å². The molecule has 0 aliphatic carbocycles. The van der Waals surface area contributed by atoms with Gasteiger partial charge in [-0.3, -0.25) is 9.59 Å². The molecule has 0 radical (unpaired) electrons. The highest BCUT2D eigenvalue weighted by Gasteiger charge is 2.12. The van der Waals surface area contributed by atoms with Gasteiger partial charge in [0.25, 0.3) is 5.91 Å². The number of anilines is 1. The molecule has 0 fully saturated rings. The van der Waals surface area contributed by atoms with Gasteiger partial charge in [0, 0.05) is 17.1 Å². The third-order valence-electron chi connectivity index (χ3n) is 2.84. The highest BCUT2D eigenvalue weighted by atomic mass is 79.9. The summed E-state index contributed by atoms with van der Waals surface area (Å²) in [5.74, 6) is -1.02. The lowest BCUT2D eigenvalue weighted by Gasteiger charge is -2.06. The van der Waals surface area contributed by atoms with Crippen LogP contribution in [0, 0.1) is 5.82 Å². The molecule has 106 valence electrons. The van der Waals surface area contributed by atoms with Gasteiger partial charge in [0.1, 0.15) is 5.82 Å². The molecule has 3 rings (SSSR count). The smallest absolute Gasteiger partial charge is 0.291 e. The maximum absolute atomic E-state index is 13.9. The van der Waals surface area contributed by atoms with Crippen LogP contribution in [0.2, 0.25) is 0 Å². The zero-order valence-electron chi connectivity index (χ0n) is 10.4. The van der Waals surface area contributed by atoms with Crippen LogP contribution in [0.5, 0.6) is 0 Å². The minimum atomic E-state index is -0.624. The van der Waals surface area contributed by atoms with Gasteiger partial charge in [-0.2, -0.15) is 0 Å². The summed E-state index contributed by atoms with van der Waals surface area (Å²) < 4.78 is 19.5. The number of fused-ring (bicyclic) bond motifs is 1. The molecule has 0 aliphatic heterocycles. The van der Waals surface area contributed by atoms with Crippen molar-refractivity contribution < 1.29 is 13.6 Å². The van der Waals surface area contributed by atoms with E-state index in [2.05, 4.69) is 26.2 Å². The fraction of sp³-hybridized carbons (Fsp3) is 0. The van der Waals surface area contributed by atoms with Crippen LogP contribution in [0.3, 0.4) is 0 Å². The van der Waals surface area contributed by atoms with E-state index < -0.39 is 17.3 Å². The number of aromatic amines is 1. The SMILES string of the molecule is O=C(Nc1cc(F)c2[nH]c(=O)ccc2c1)c1ccc(Br)o1. The van der Waals surface area contributed by atoms with Gasteiger partial charge in [-0.25, -0.2) is 4.39 Å². The maximum Gasteiger partial charge on any atom is 0.291 e. The number of aromatic nitrogens is 1. The average Bonchev–Trinajstić information content (AvgIpc) is 2.86. The van der Waals surface area contributed by atoms with Gasteiger partial charge in [-0.15, -0.1) is 0 Å². The highest BCUT2D eigenvalue weighted by molar-refractivity contribution is 9.10. The largest absolute Gasteiger partial charge is 0.444 e. The molecule has 3 aromatic rings. The Labute approximate surface area is 125 Å². The predicted molar refractivity (Wildman–Crippen MR) is 78.9 cm³/mol. The molecule has 21 heavy (non-hydrogen) atoms. The summed E-state index contributed by atoms with van der Waals surface area (Å²) in [6.45, 7) is 0. The van der Waals surface area contributed by atoms with Crippen LogP contribution in [0.15, 0.2) is 50.3 Å². The van der Waals surface area contributed by atoms with Crippen LogP contribution < -0.4 is 10.9 Å². The number of carbonyl (C=O) groups is 1. The molecule has 0 saturated heterocycles. The van der Waals surface area contributed by atoms with Gasteiger partial charge in [0.15, 0.2) is 10.4 Å². The van der Waals surface area contributed by atoms with Crippen molar-refractivity contribution in [2.24, 2.45) is 0 Å². The lowest BCUT2D eigenvalue weighted by molar-refractivity contribution is 0.0995. The van der Waals surface area contributed by atoms with E-state index in [1.807, 2.05) is 0 Å². The number of rotatable bonds is 2. The second-order valence-electron chi connectivity index (χ2n) is 4.30. The van der Waals surface area contributed by atoms with Crippen molar-refractivity contribution in [3.05, 3.63) is 63.0 Å². The number of furan rings is 1. The third-order valence-corrected chi connectivity index (χ3v) is 3.26. The molecule has 1 aromatic carbocycles. The molecule has 2 aromatic heterocycles. The Kier molecular flexibility index (Phi) is 3.34. The summed E-state index contributed by atoms with van der Waals surface area (Å²) in [6.07, 6.45) is 0. The van der Waals surface area contributed by atoms with Crippen LogP contribution in [0.4, 0.5) is 10.1 Å². The van der Waals surface area contributed by atoms with Crippen molar-refractivity contribution in [3.63, 3.8) is 0 Å². The van der Waals surface area contributed by atoms with Crippen molar-refractivity contribution >= 4 is 38.4 Å². The van der Waals surface area contributed by atoms with Crippen LogP contribution >= 0.6 is 15.9 Å². The fourth-order valence-electron chi connectivity index (χ4n) is 1.92. The first-order chi connectivity index (χ1) is 10.0. The number of hydrogen-bond acceptors (Lipinski definition) is 3. The van der Waals surface area contributed by atoms with E-state index in [0.29, 0.717) is 10.1 Å². The van der Waals surface area contributed by atoms with Gasteiger partial charge in [0.2, 0.25) is 5.56 Å². The molecular weight excluding hydrogens is 343 g/mol. The van der Waals surface area contributed by atoms with E-state index >= 15 is 0 Å². The molecule has 0 aliphatic rings. The van der Waals surface area contributed by atoms with Gasteiger partial charge in [-0.1, -0.05) is 0 Å². The third kappa shape index (κ3) is 2.73. The number of halogens is 2. The van der Waals surface area contributed by atoms with Crippen LogP contribution in [-0.4, -0.2) is 10.9 Å². The molecule has 0 spiro atoms. The number of H-pyrrole nitrogens is 1. The van der Waals surface area contributed by atoms with Crippen LogP contribution in [-0.2, 0) is 0 Å². The molecule has 5 nitrogen and oxygen atoms in total. The molecule has 0 bridgehead atoms. The monoisotopic (exact) mass is 350 g/mol. The number of amides is 1.